The monoisotopic (exact) mass is 1140 g/mol. The number of carbonyl (C=O) groups excluding carboxylic acids is 2. The number of carbonyl (C=O) groups is 2. The molecule has 1 saturated heterocycles. The summed E-state index contributed by atoms with van der Waals surface area (Å²) in [4.78, 5) is 26.6. The van der Waals surface area contributed by atoms with Gasteiger partial charge in [-0.15, -0.1) is 0 Å². The summed E-state index contributed by atoms with van der Waals surface area (Å²) in [6, 6.07) is -1.03. The lowest BCUT2D eigenvalue weighted by atomic mass is 9.99. The van der Waals surface area contributed by atoms with Gasteiger partial charge in [-0.25, -0.2) is 0 Å². The summed E-state index contributed by atoms with van der Waals surface area (Å²) in [7, 11) is 0. The minimum Gasteiger partial charge on any atom is -0.454 e. The fourth-order valence-electron chi connectivity index (χ4n) is 10.2. The van der Waals surface area contributed by atoms with Gasteiger partial charge in [0, 0.05) is 6.42 Å². The Hall–Kier alpha value is -2.90. The Morgan fingerprint density at radius 2 is 0.852 bits per heavy atom. The van der Waals surface area contributed by atoms with E-state index in [2.05, 4.69) is 86.8 Å². The first-order chi connectivity index (χ1) is 39.7. The molecular formula is C70H125NO10. The quantitative estimate of drug-likeness (QED) is 0.0195. The van der Waals surface area contributed by atoms with E-state index in [4.69, 9.17) is 14.2 Å². The summed E-state index contributed by atoms with van der Waals surface area (Å²) in [5.41, 5.74) is 0. The number of hydrogen-bond donors (Lipinski definition) is 6. The van der Waals surface area contributed by atoms with Crippen LogP contribution in [0.4, 0.5) is 0 Å². The van der Waals surface area contributed by atoms with Crippen LogP contribution in [0, 0.1) is 0 Å². The number of unbranched alkanes of at least 4 members (excludes halogenated alkanes) is 33. The summed E-state index contributed by atoms with van der Waals surface area (Å²) in [6.07, 6.45) is 63.7. The third-order valence-corrected chi connectivity index (χ3v) is 15.6. The topological polar surface area (TPSA) is 175 Å². The van der Waals surface area contributed by atoms with E-state index < -0.39 is 67.4 Å². The smallest absolute Gasteiger partial charge is 0.306 e. The molecule has 1 heterocycles. The highest BCUT2D eigenvalue weighted by Gasteiger charge is 2.47. The molecule has 1 amide bonds. The third kappa shape index (κ3) is 45.2. The van der Waals surface area contributed by atoms with Gasteiger partial charge >= 0.3 is 5.97 Å². The van der Waals surface area contributed by atoms with E-state index in [1.54, 1.807) is 6.08 Å². The normalized spacial score (nSPS) is 19.1. The highest BCUT2D eigenvalue weighted by atomic mass is 16.7. The van der Waals surface area contributed by atoms with Crippen molar-refractivity contribution in [1.29, 1.82) is 0 Å². The first-order valence-electron chi connectivity index (χ1n) is 33.7. The van der Waals surface area contributed by atoms with Gasteiger partial charge in [0.2, 0.25) is 5.91 Å². The molecule has 11 nitrogen and oxygen atoms in total. The Bertz CT molecular complexity index is 1590. The molecule has 8 atom stereocenters. The number of rotatable bonds is 57. The fraction of sp³-hybridized carbons (Fsp3) is 0.800. The van der Waals surface area contributed by atoms with E-state index in [1.807, 2.05) is 6.08 Å². The molecule has 11 heteroatoms. The molecule has 1 rings (SSSR count). The molecule has 0 aromatic rings. The van der Waals surface area contributed by atoms with E-state index in [0.717, 1.165) is 83.5 Å². The Morgan fingerprint density at radius 3 is 1.31 bits per heavy atom. The molecule has 1 aliphatic rings. The largest absolute Gasteiger partial charge is 0.454 e. The molecule has 1 aliphatic heterocycles. The maximum atomic E-state index is 13.4. The van der Waals surface area contributed by atoms with Gasteiger partial charge in [-0.3, -0.25) is 9.59 Å². The number of ether oxygens (including phenoxy) is 3. The lowest BCUT2D eigenvalue weighted by Crippen LogP contribution is -2.61. The second kappa shape index (κ2) is 57.5. The average molecular weight is 1140 g/mol. The van der Waals surface area contributed by atoms with Crippen molar-refractivity contribution < 1.29 is 49.3 Å². The van der Waals surface area contributed by atoms with Gasteiger partial charge in [0.15, 0.2) is 12.4 Å². The molecule has 81 heavy (non-hydrogen) atoms. The van der Waals surface area contributed by atoms with Crippen LogP contribution in [0.2, 0.25) is 0 Å². The van der Waals surface area contributed by atoms with Crippen LogP contribution in [0.1, 0.15) is 297 Å². The van der Waals surface area contributed by atoms with Crippen LogP contribution in [0.5, 0.6) is 0 Å². The van der Waals surface area contributed by atoms with Crippen LogP contribution in [-0.4, -0.2) is 99.6 Å². The third-order valence-electron chi connectivity index (χ3n) is 15.6. The van der Waals surface area contributed by atoms with Gasteiger partial charge < -0.3 is 45.1 Å². The number of aliphatic hydroxyl groups excluding tert-OH is 5. The summed E-state index contributed by atoms with van der Waals surface area (Å²) >= 11 is 0. The highest BCUT2D eigenvalue weighted by molar-refractivity contribution is 5.80. The van der Waals surface area contributed by atoms with Crippen molar-refractivity contribution in [2.24, 2.45) is 0 Å². The zero-order valence-electron chi connectivity index (χ0n) is 52.1. The number of amides is 1. The predicted octanol–water partition coefficient (Wildman–Crippen LogP) is 16.7. The minimum absolute atomic E-state index is 0.116. The van der Waals surface area contributed by atoms with Crippen LogP contribution in [0.15, 0.2) is 72.9 Å². The van der Waals surface area contributed by atoms with Gasteiger partial charge in [-0.2, -0.15) is 0 Å². The zero-order chi connectivity index (χ0) is 58.9. The summed E-state index contributed by atoms with van der Waals surface area (Å²) in [5, 5.41) is 57.0. The molecule has 8 unspecified atom stereocenters. The summed E-state index contributed by atoms with van der Waals surface area (Å²) in [6.45, 7) is 5.75. The highest BCUT2D eigenvalue weighted by Crippen LogP contribution is 2.26. The Kier molecular flexibility index (Phi) is 54.1. The van der Waals surface area contributed by atoms with Gasteiger partial charge in [0.1, 0.15) is 24.4 Å². The van der Waals surface area contributed by atoms with Crippen LogP contribution < -0.4 is 5.32 Å². The number of esters is 1. The van der Waals surface area contributed by atoms with E-state index in [1.165, 1.54) is 167 Å². The van der Waals surface area contributed by atoms with Crippen molar-refractivity contribution in [2.75, 3.05) is 13.2 Å². The van der Waals surface area contributed by atoms with Crippen molar-refractivity contribution in [2.45, 2.75) is 346 Å². The van der Waals surface area contributed by atoms with Crippen LogP contribution in [0.25, 0.3) is 0 Å². The molecular weight excluding hydrogens is 1010 g/mol. The number of hydrogen-bond acceptors (Lipinski definition) is 10. The van der Waals surface area contributed by atoms with Crippen molar-refractivity contribution in [3.63, 3.8) is 0 Å². The Balaban J connectivity index is 2.57. The number of aliphatic hydroxyl groups is 5. The van der Waals surface area contributed by atoms with Gasteiger partial charge in [0.25, 0.3) is 0 Å². The van der Waals surface area contributed by atoms with Crippen LogP contribution >= 0.6 is 0 Å². The lowest BCUT2D eigenvalue weighted by molar-refractivity contribution is -0.305. The Labute approximate surface area is 496 Å². The maximum Gasteiger partial charge on any atom is 0.306 e. The van der Waals surface area contributed by atoms with Crippen LogP contribution in [0.3, 0.4) is 0 Å². The molecule has 0 bridgehead atoms. The second-order valence-electron chi connectivity index (χ2n) is 23.2. The van der Waals surface area contributed by atoms with Crippen LogP contribution in [-0.2, 0) is 23.8 Å². The number of allylic oxidation sites excluding steroid dienone is 11. The van der Waals surface area contributed by atoms with E-state index in [0.29, 0.717) is 12.8 Å². The molecule has 1 fully saturated rings. The Morgan fingerprint density at radius 1 is 0.481 bits per heavy atom. The fourth-order valence-corrected chi connectivity index (χ4v) is 10.2. The van der Waals surface area contributed by atoms with E-state index in [-0.39, 0.29) is 19.4 Å². The van der Waals surface area contributed by atoms with Gasteiger partial charge in [0.05, 0.1) is 25.4 Å². The maximum absolute atomic E-state index is 13.4. The zero-order valence-corrected chi connectivity index (χ0v) is 52.1. The molecule has 0 aromatic heterocycles. The lowest BCUT2D eigenvalue weighted by Gasteiger charge is -2.41. The molecule has 0 spiro atoms. The van der Waals surface area contributed by atoms with E-state index in [9.17, 15) is 35.1 Å². The molecule has 6 N–H and O–H groups in total. The van der Waals surface area contributed by atoms with Crippen molar-refractivity contribution in [3.05, 3.63) is 72.9 Å². The minimum atomic E-state index is -1.62. The van der Waals surface area contributed by atoms with Gasteiger partial charge in [-0.1, -0.05) is 267 Å². The first kappa shape index (κ1) is 76.1. The van der Waals surface area contributed by atoms with Crippen molar-refractivity contribution >= 4 is 11.9 Å². The number of nitrogens with one attached hydrogen (secondary N) is 1. The molecule has 0 saturated carbocycles. The average Bonchev–Trinajstić information content (AvgIpc) is 3.51. The second-order valence-corrected chi connectivity index (χ2v) is 23.2. The molecule has 0 aliphatic carbocycles. The van der Waals surface area contributed by atoms with Crippen molar-refractivity contribution in [3.8, 4) is 0 Å². The summed E-state index contributed by atoms with van der Waals surface area (Å²) < 4.78 is 17.6. The van der Waals surface area contributed by atoms with E-state index >= 15 is 0 Å². The first-order valence-corrected chi connectivity index (χ1v) is 33.7. The molecule has 470 valence electrons. The SMILES string of the molecule is CCCCC/C=C\C/C=C\C/C=C\C/C=C\CCCCCCCCCCCCCC(=O)OC1C(OCC(NC(=O)C(O)CCCC/C=C\CCCCCCCCC)C(O)/C=C/CCCCCCCCCCCC)OC(CO)C(O)C1O. The predicted molar refractivity (Wildman–Crippen MR) is 338 cm³/mol. The standard InChI is InChI=1S/C70H125NO10/c1-4-7-10-13-16-19-22-25-26-27-28-29-30-31-32-33-34-35-36-37-38-40-43-46-49-52-55-58-65(75)81-68-67(77)66(76)64(59-72)80-70(68)79-60-61(62(73)56-53-50-47-44-41-24-21-18-15-12-9-6-3)71-69(78)63(74)57-54-51-48-45-42-39-23-20-17-14-11-8-5-2/h16,19,25-26,28-29,31-32,42,45,53,56,61-64,66-68,70,72-74,76-77H,4-15,17-18,20-24,27,30,33-41,43-44,46-52,54-55,57-60H2,1-3H3,(H,71,78)/b19-16-,26-25-,29-28-,32-31-,45-42-,56-53+. The van der Waals surface area contributed by atoms with Gasteiger partial charge in [-0.05, 0) is 96.3 Å². The molecule has 0 aromatic carbocycles. The summed E-state index contributed by atoms with van der Waals surface area (Å²) in [5.74, 6) is -1.21. The van der Waals surface area contributed by atoms with Crippen molar-refractivity contribution in [1.82, 2.24) is 5.32 Å². The molecule has 0 radical (unpaired) electrons.